The van der Waals surface area contributed by atoms with E-state index in [0.29, 0.717) is 25.5 Å². The van der Waals surface area contributed by atoms with Gasteiger partial charge in [0.25, 0.3) is 11.6 Å². The Kier molecular flexibility index (Phi) is 13.1. The minimum absolute atomic E-state index is 0.0209. The Hall–Kier alpha value is -1.52. The number of amides is 1. The van der Waals surface area contributed by atoms with Gasteiger partial charge in [-0.25, -0.2) is 0 Å². The van der Waals surface area contributed by atoms with Crippen LogP contribution in [-0.2, 0) is 4.74 Å². The molecule has 2 atom stereocenters. The summed E-state index contributed by atoms with van der Waals surface area (Å²) < 4.78 is 17.2. The van der Waals surface area contributed by atoms with Crippen molar-refractivity contribution in [1.29, 1.82) is 0 Å². The predicted molar refractivity (Wildman–Crippen MR) is 140 cm³/mol. The standard InChI is InChI=1S/C24H37BrN2O6S/c1-4-32-24(34-5-2)19-12-11-14-26(19)23(28)18-16-21(31-3)22(17-20(18)27(29)30)33-15-10-8-6-7-9-13-25/h16-17,19,24H,4-15H2,1-3H3. The van der Waals surface area contributed by atoms with Crippen LogP contribution in [0.5, 0.6) is 11.5 Å². The summed E-state index contributed by atoms with van der Waals surface area (Å²) in [6.45, 7) is 5.52. The van der Waals surface area contributed by atoms with Crippen molar-refractivity contribution in [3.63, 3.8) is 0 Å². The van der Waals surface area contributed by atoms with Crippen LogP contribution < -0.4 is 9.47 Å². The maximum absolute atomic E-state index is 13.5. The van der Waals surface area contributed by atoms with Gasteiger partial charge in [0.1, 0.15) is 11.0 Å². The lowest BCUT2D eigenvalue weighted by molar-refractivity contribution is -0.385. The molecule has 0 spiro atoms. The van der Waals surface area contributed by atoms with Crippen LogP contribution in [0.4, 0.5) is 5.69 Å². The van der Waals surface area contributed by atoms with E-state index >= 15 is 0 Å². The first kappa shape index (κ1) is 28.7. The van der Waals surface area contributed by atoms with E-state index in [0.717, 1.165) is 56.0 Å². The number of carbonyl (C=O) groups is 1. The zero-order valence-corrected chi connectivity index (χ0v) is 22.8. The molecule has 2 unspecified atom stereocenters. The molecule has 0 bridgehead atoms. The summed E-state index contributed by atoms with van der Waals surface area (Å²) in [5, 5.41) is 12.9. The lowest BCUT2D eigenvalue weighted by Gasteiger charge is -2.31. The number of hydrogen-bond acceptors (Lipinski definition) is 7. The minimum atomic E-state index is -0.522. The summed E-state index contributed by atoms with van der Waals surface area (Å²) in [5.74, 6) is 1.11. The summed E-state index contributed by atoms with van der Waals surface area (Å²) in [7, 11) is 1.48. The van der Waals surface area contributed by atoms with Crippen LogP contribution in [0.2, 0.25) is 0 Å². The Bertz CT molecular complexity index is 791. The molecule has 10 heteroatoms. The number of unbranched alkanes of at least 4 members (excludes halogenated alkanes) is 4. The molecule has 0 saturated carbocycles. The predicted octanol–water partition coefficient (Wildman–Crippen LogP) is 6.05. The third-order valence-electron chi connectivity index (χ3n) is 5.78. The highest BCUT2D eigenvalue weighted by Crippen LogP contribution is 2.37. The van der Waals surface area contributed by atoms with Crippen molar-refractivity contribution in [1.82, 2.24) is 4.90 Å². The Morgan fingerprint density at radius 3 is 2.62 bits per heavy atom. The van der Waals surface area contributed by atoms with Crippen molar-refractivity contribution < 1.29 is 23.9 Å². The summed E-state index contributed by atoms with van der Waals surface area (Å²) in [6.07, 6.45) is 6.96. The van der Waals surface area contributed by atoms with E-state index in [1.165, 1.54) is 19.2 Å². The van der Waals surface area contributed by atoms with Gasteiger partial charge in [-0.15, -0.1) is 11.8 Å². The van der Waals surface area contributed by atoms with Gasteiger partial charge in [-0.2, -0.15) is 0 Å². The minimum Gasteiger partial charge on any atom is -0.493 e. The molecule has 0 aromatic heterocycles. The normalized spacial score (nSPS) is 16.5. The number of rotatable bonds is 16. The van der Waals surface area contributed by atoms with Crippen molar-refractivity contribution in [2.45, 2.75) is 70.3 Å². The zero-order chi connectivity index (χ0) is 24.9. The van der Waals surface area contributed by atoms with Gasteiger partial charge in [-0.3, -0.25) is 14.9 Å². The molecule has 34 heavy (non-hydrogen) atoms. The summed E-state index contributed by atoms with van der Waals surface area (Å²) in [6, 6.07) is 2.65. The highest BCUT2D eigenvalue weighted by molar-refractivity contribution is 9.09. The Balaban J connectivity index is 2.20. The van der Waals surface area contributed by atoms with E-state index in [1.54, 1.807) is 16.7 Å². The van der Waals surface area contributed by atoms with Crippen molar-refractivity contribution in [3.05, 3.63) is 27.8 Å². The number of likely N-dealkylation sites (tertiary alicyclic amines) is 1. The SMILES string of the molecule is CCOC(SCC)C1CCCN1C(=O)c1cc(OC)c(OCCCCCCCBr)cc1[N+](=O)[O-]. The highest BCUT2D eigenvalue weighted by Gasteiger charge is 2.38. The maximum Gasteiger partial charge on any atom is 0.286 e. The number of carbonyl (C=O) groups excluding carboxylic acids is 1. The summed E-state index contributed by atoms with van der Waals surface area (Å²) in [4.78, 5) is 26.6. The molecule has 1 aromatic carbocycles. The van der Waals surface area contributed by atoms with Crippen LogP contribution in [0.15, 0.2) is 12.1 Å². The lowest BCUT2D eigenvalue weighted by atomic mass is 10.1. The van der Waals surface area contributed by atoms with Crippen LogP contribution in [0.3, 0.4) is 0 Å². The largest absolute Gasteiger partial charge is 0.493 e. The zero-order valence-electron chi connectivity index (χ0n) is 20.4. The molecule has 0 radical (unpaired) electrons. The molecule has 0 aliphatic carbocycles. The Morgan fingerprint density at radius 2 is 1.97 bits per heavy atom. The number of ether oxygens (including phenoxy) is 3. The molecule has 192 valence electrons. The van der Waals surface area contributed by atoms with Gasteiger partial charge in [0.15, 0.2) is 11.5 Å². The molecule has 1 amide bonds. The fourth-order valence-electron chi connectivity index (χ4n) is 4.13. The first-order valence-electron chi connectivity index (χ1n) is 12.1. The fourth-order valence-corrected chi connectivity index (χ4v) is 5.60. The third kappa shape index (κ3) is 8.02. The molecular weight excluding hydrogens is 524 g/mol. The number of nitro groups is 1. The summed E-state index contributed by atoms with van der Waals surface area (Å²) in [5.41, 5.74) is -0.396. The number of hydrogen-bond donors (Lipinski definition) is 0. The molecule has 1 aromatic rings. The lowest BCUT2D eigenvalue weighted by Crippen LogP contribution is -2.43. The molecule has 1 heterocycles. The van der Waals surface area contributed by atoms with E-state index < -0.39 is 4.92 Å². The van der Waals surface area contributed by atoms with Crippen molar-refractivity contribution in [3.8, 4) is 11.5 Å². The van der Waals surface area contributed by atoms with Gasteiger partial charge in [0.05, 0.1) is 30.7 Å². The highest BCUT2D eigenvalue weighted by atomic mass is 79.9. The molecule has 1 fully saturated rings. The van der Waals surface area contributed by atoms with E-state index in [4.69, 9.17) is 14.2 Å². The number of thioether (sulfide) groups is 1. The van der Waals surface area contributed by atoms with Gasteiger partial charge in [-0.1, -0.05) is 42.1 Å². The van der Waals surface area contributed by atoms with E-state index in [-0.39, 0.29) is 34.4 Å². The average molecular weight is 562 g/mol. The molecule has 8 nitrogen and oxygen atoms in total. The molecule has 1 aliphatic heterocycles. The molecule has 1 aliphatic rings. The van der Waals surface area contributed by atoms with E-state index in [1.807, 2.05) is 6.92 Å². The average Bonchev–Trinajstić information content (AvgIpc) is 3.32. The van der Waals surface area contributed by atoms with Gasteiger partial charge < -0.3 is 19.1 Å². The number of nitrogens with zero attached hydrogens (tertiary/aromatic N) is 2. The van der Waals surface area contributed by atoms with E-state index in [2.05, 4.69) is 22.9 Å². The number of nitro benzene ring substituents is 1. The smallest absolute Gasteiger partial charge is 0.286 e. The number of benzene rings is 1. The Labute approximate surface area is 215 Å². The molecule has 2 rings (SSSR count). The second-order valence-corrected chi connectivity index (χ2v) is 10.2. The second-order valence-electron chi connectivity index (χ2n) is 8.07. The summed E-state index contributed by atoms with van der Waals surface area (Å²) >= 11 is 5.09. The monoisotopic (exact) mass is 560 g/mol. The van der Waals surface area contributed by atoms with Crippen molar-refractivity contribution >= 4 is 39.3 Å². The van der Waals surface area contributed by atoms with Crippen LogP contribution >= 0.6 is 27.7 Å². The van der Waals surface area contributed by atoms with Gasteiger partial charge in [0, 0.05) is 24.5 Å². The number of halogens is 1. The van der Waals surface area contributed by atoms with E-state index in [9.17, 15) is 14.9 Å². The first-order valence-corrected chi connectivity index (χ1v) is 14.2. The van der Waals surface area contributed by atoms with Crippen molar-refractivity contribution in [2.75, 3.05) is 38.0 Å². The molecular formula is C24H37BrN2O6S. The third-order valence-corrected chi connectivity index (χ3v) is 7.45. The second kappa shape index (κ2) is 15.5. The molecule has 0 N–H and O–H groups in total. The maximum atomic E-state index is 13.5. The Morgan fingerprint density at radius 1 is 1.24 bits per heavy atom. The van der Waals surface area contributed by atoms with Gasteiger partial charge in [0.2, 0.25) is 0 Å². The van der Waals surface area contributed by atoms with Crippen LogP contribution in [0.25, 0.3) is 0 Å². The van der Waals surface area contributed by atoms with Crippen LogP contribution in [0, 0.1) is 10.1 Å². The number of methoxy groups -OCH3 is 1. The van der Waals surface area contributed by atoms with Gasteiger partial charge in [-0.05, 0) is 38.4 Å². The quantitative estimate of drug-likeness (QED) is 0.0798. The van der Waals surface area contributed by atoms with Crippen LogP contribution in [-0.4, -0.2) is 65.2 Å². The molecule has 1 saturated heterocycles. The number of alkyl halides is 1. The van der Waals surface area contributed by atoms with Gasteiger partial charge >= 0.3 is 0 Å². The van der Waals surface area contributed by atoms with Crippen LogP contribution in [0.1, 0.15) is 69.2 Å². The van der Waals surface area contributed by atoms with Crippen molar-refractivity contribution in [2.24, 2.45) is 0 Å². The topological polar surface area (TPSA) is 91.1 Å². The first-order chi connectivity index (χ1) is 16.5. The fraction of sp³-hybridized carbons (Fsp3) is 0.708.